The zero-order chi connectivity index (χ0) is 8.77. The van der Waals surface area contributed by atoms with E-state index < -0.39 is 13.0 Å². The molecule has 52 valence electrons. The van der Waals surface area contributed by atoms with Crippen LogP contribution < -0.4 is 0 Å². The molecule has 2 heterocycles. The van der Waals surface area contributed by atoms with Gasteiger partial charge in [-0.15, -0.1) is 0 Å². The van der Waals surface area contributed by atoms with Crippen molar-refractivity contribution < 1.29 is 13.6 Å². The molecule has 0 amide bonds. The second-order valence-electron chi connectivity index (χ2n) is 2.59. The molecule has 2 bridgehead atoms. The van der Waals surface area contributed by atoms with Crippen LogP contribution in [0.3, 0.4) is 0 Å². The highest BCUT2D eigenvalue weighted by atomic mass is 16.7. The van der Waals surface area contributed by atoms with Crippen molar-refractivity contribution in [3.05, 3.63) is 0 Å². The lowest BCUT2D eigenvalue weighted by Crippen LogP contribution is -2.21. The Kier molecular flexibility index (Phi) is 0.729. The second kappa shape index (κ2) is 1.96. The average Bonchev–Trinajstić information content (AvgIpc) is 2.25. The molecular weight excluding hydrogens is 116 g/mol. The molecule has 2 fully saturated rings. The van der Waals surface area contributed by atoms with Gasteiger partial charge in [0.25, 0.3) is 0 Å². The molecule has 2 aliphatic rings. The molecule has 0 aliphatic carbocycles. The zero-order valence-corrected chi connectivity index (χ0v) is 5.17. The molecule has 0 aromatic heterocycles. The van der Waals surface area contributed by atoms with Crippen LogP contribution in [-0.2, 0) is 9.47 Å². The first-order valence-corrected chi connectivity index (χ1v) is 3.38. The summed E-state index contributed by atoms with van der Waals surface area (Å²) < 4.78 is 32.2. The van der Waals surface area contributed by atoms with Crippen LogP contribution in [0.1, 0.15) is 30.2 Å². The fourth-order valence-corrected chi connectivity index (χ4v) is 1.39. The van der Waals surface area contributed by atoms with E-state index in [0.717, 1.165) is 19.3 Å². The monoisotopic (exact) mass is 131 g/mol. The number of hydrogen-bond donors (Lipinski definition) is 0. The summed E-state index contributed by atoms with van der Waals surface area (Å²) in [6.07, 6.45) is 1.53. The van der Waals surface area contributed by atoms with Gasteiger partial charge in [0.05, 0.1) is 12.2 Å². The summed E-state index contributed by atoms with van der Waals surface area (Å²) in [5.74, 6) is 0. The van der Waals surface area contributed by atoms with Gasteiger partial charge in [0.2, 0.25) is 0 Å². The van der Waals surface area contributed by atoms with Crippen molar-refractivity contribution in [2.24, 2.45) is 0 Å². The van der Waals surface area contributed by atoms with Crippen LogP contribution in [-0.4, -0.2) is 18.5 Å². The molecule has 0 aromatic rings. The number of fused-ring (bicyclic) bond motifs is 2. The molecule has 2 nitrogen and oxygen atoms in total. The van der Waals surface area contributed by atoms with Crippen molar-refractivity contribution in [2.75, 3.05) is 0 Å². The summed E-state index contributed by atoms with van der Waals surface area (Å²) in [6, 6.07) is 0. The van der Waals surface area contributed by atoms with E-state index in [1.54, 1.807) is 0 Å². The maximum absolute atomic E-state index is 7.21. The third-order valence-electron chi connectivity index (χ3n) is 1.89. The van der Waals surface area contributed by atoms with E-state index in [9.17, 15) is 0 Å². The molecule has 0 saturated carbocycles. The highest BCUT2D eigenvalue weighted by Crippen LogP contribution is 2.30. The van der Waals surface area contributed by atoms with E-state index in [4.69, 9.17) is 13.6 Å². The van der Waals surface area contributed by atoms with Crippen LogP contribution in [0.25, 0.3) is 0 Å². The van der Waals surface area contributed by atoms with Gasteiger partial charge >= 0.3 is 0 Å². The molecule has 3 atom stereocenters. The summed E-state index contributed by atoms with van der Waals surface area (Å²) >= 11 is 0. The predicted molar refractivity (Wildman–Crippen MR) is 33.1 cm³/mol. The third kappa shape index (κ3) is 0.864. The maximum Gasteiger partial charge on any atom is 0.158 e. The van der Waals surface area contributed by atoms with Crippen molar-refractivity contribution in [2.45, 2.75) is 44.6 Å². The van der Waals surface area contributed by atoms with Crippen LogP contribution in [0, 0.1) is 0 Å². The lowest BCUT2D eigenvalue weighted by molar-refractivity contribution is -0.0855. The van der Waals surface area contributed by atoms with Gasteiger partial charge in [0, 0.05) is 4.11 Å². The Balaban J connectivity index is 2.09. The van der Waals surface area contributed by atoms with Crippen LogP contribution in [0.2, 0.25) is 0 Å². The Morgan fingerprint density at radius 1 is 1.44 bits per heavy atom. The summed E-state index contributed by atoms with van der Waals surface area (Å²) in [4.78, 5) is 0. The summed E-state index contributed by atoms with van der Waals surface area (Å²) in [5.41, 5.74) is 0. The van der Waals surface area contributed by atoms with Crippen LogP contribution in [0.5, 0.6) is 0 Å². The quantitative estimate of drug-likeness (QED) is 0.493. The first-order valence-electron chi connectivity index (χ1n) is 4.88. The fraction of sp³-hybridized carbons (Fsp3) is 1.00. The molecule has 2 heteroatoms. The van der Waals surface area contributed by atoms with E-state index in [2.05, 4.69) is 0 Å². The molecule has 0 aromatic carbocycles. The van der Waals surface area contributed by atoms with Crippen molar-refractivity contribution in [1.29, 1.82) is 0 Å². The van der Waals surface area contributed by atoms with E-state index in [-0.39, 0.29) is 12.4 Å². The van der Waals surface area contributed by atoms with E-state index in [1.807, 2.05) is 0 Å². The molecule has 2 rings (SSSR count). The first-order chi connectivity index (χ1) is 5.57. The van der Waals surface area contributed by atoms with E-state index in [0.29, 0.717) is 0 Å². The van der Waals surface area contributed by atoms with Gasteiger partial charge < -0.3 is 9.47 Å². The van der Waals surface area contributed by atoms with Crippen molar-refractivity contribution in [3.63, 3.8) is 0 Å². The van der Waals surface area contributed by atoms with E-state index in [1.165, 1.54) is 0 Å². The van der Waals surface area contributed by atoms with Crippen molar-refractivity contribution in [3.8, 4) is 0 Å². The smallest absolute Gasteiger partial charge is 0.158 e. The minimum atomic E-state index is -2.02. The number of hydrogen-bond acceptors (Lipinski definition) is 2. The highest BCUT2D eigenvalue weighted by Gasteiger charge is 2.35. The Morgan fingerprint density at radius 3 is 3.22 bits per heavy atom. The van der Waals surface area contributed by atoms with Gasteiger partial charge in [-0.3, -0.25) is 0 Å². The highest BCUT2D eigenvalue weighted by molar-refractivity contribution is 4.78. The van der Waals surface area contributed by atoms with Crippen molar-refractivity contribution in [1.82, 2.24) is 0 Å². The molecular formula is C7H12O2. The third-order valence-corrected chi connectivity index (χ3v) is 1.89. The van der Waals surface area contributed by atoms with Gasteiger partial charge in [-0.25, -0.2) is 0 Å². The predicted octanol–water partition coefficient (Wildman–Crippen LogP) is 1.30. The Labute approximate surface area is 59.4 Å². The lowest BCUT2D eigenvalue weighted by atomic mass is 10.1. The maximum atomic E-state index is 7.21. The van der Waals surface area contributed by atoms with Gasteiger partial charge in [-0.2, -0.15) is 0 Å². The topological polar surface area (TPSA) is 18.5 Å². The molecule has 2 saturated heterocycles. The van der Waals surface area contributed by atoms with Gasteiger partial charge in [0.15, 0.2) is 6.29 Å². The number of ether oxygens (including phenoxy) is 2. The molecule has 9 heavy (non-hydrogen) atoms. The fourth-order valence-electron chi connectivity index (χ4n) is 1.39. The normalized spacial score (nSPS) is 56.0. The van der Waals surface area contributed by atoms with Gasteiger partial charge in [-0.1, -0.05) is 0 Å². The molecule has 0 spiro atoms. The lowest BCUT2D eigenvalue weighted by Gasteiger charge is -2.16. The zero-order valence-electron chi connectivity index (χ0n) is 8.17. The minimum Gasteiger partial charge on any atom is -0.347 e. The minimum absolute atomic E-state index is 0.198. The average molecular weight is 131 g/mol. The SMILES string of the molecule is [2H]C([2H])([2H])[C@@H]1O[C@H]2CCC[C@@H]1O2. The molecule has 0 unspecified atom stereocenters. The van der Waals surface area contributed by atoms with Crippen LogP contribution in [0.15, 0.2) is 0 Å². The van der Waals surface area contributed by atoms with Gasteiger partial charge in [-0.05, 0) is 26.1 Å². The first kappa shape index (κ1) is 3.35. The molecule has 0 radical (unpaired) electrons. The largest absolute Gasteiger partial charge is 0.347 e. The van der Waals surface area contributed by atoms with Crippen molar-refractivity contribution >= 4 is 0 Å². The summed E-state index contributed by atoms with van der Waals surface area (Å²) in [7, 11) is 0. The standard InChI is InChI=1S/C7H12O2/c1-5-6-3-2-4-7(8-5)9-6/h5-7H,2-4H2,1H3/t5-,6-,7+/m0/s1/i1D3. The Hall–Kier alpha value is -0.0800. The van der Waals surface area contributed by atoms with Gasteiger partial charge in [0.1, 0.15) is 0 Å². The van der Waals surface area contributed by atoms with Crippen LogP contribution >= 0.6 is 0 Å². The van der Waals surface area contributed by atoms with E-state index >= 15 is 0 Å². The molecule has 0 N–H and O–H groups in total. The number of rotatable bonds is 0. The van der Waals surface area contributed by atoms with Crippen LogP contribution in [0.4, 0.5) is 0 Å². The Morgan fingerprint density at radius 2 is 2.44 bits per heavy atom. The second-order valence-corrected chi connectivity index (χ2v) is 2.59. The molecule has 2 aliphatic heterocycles. The summed E-state index contributed by atoms with van der Waals surface area (Å²) in [5, 5.41) is 0. The Bertz CT molecular complexity index is 180. The summed E-state index contributed by atoms with van der Waals surface area (Å²) in [6.45, 7) is -2.02.